The molecule has 0 spiro atoms. The van der Waals surface area contributed by atoms with E-state index in [-0.39, 0.29) is 11.9 Å². The van der Waals surface area contributed by atoms with E-state index < -0.39 is 0 Å². The molecule has 1 atom stereocenters. The molecule has 96 valence electrons. The normalized spacial score (nSPS) is 13.0. The van der Waals surface area contributed by atoms with Gasteiger partial charge in [0.15, 0.2) is 0 Å². The Morgan fingerprint density at radius 1 is 1.24 bits per heavy atom. The molecule has 0 aliphatic rings. The Bertz CT molecular complexity index is 326. The number of hydrogen-bond acceptors (Lipinski definition) is 2. The molecule has 0 saturated carbocycles. The van der Waals surface area contributed by atoms with Gasteiger partial charge in [-0.15, -0.1) is 0 Å². The number of nitrogens with zero attached hydrogens (tertiary/aromatic N) is 1. The molecule has 0 aliphatic carbocycles. The van der Waals surface area contributed by atoms with Crippen LogP contribution in [0.5, 0.6) is 0 Å². The van der Waals surface area contributed by atoms with Crippen LogP contribution in [0.1, 0.15) is 32.4 Å². The van der Waals surface area contributed by atoms with Crippen molar-refractivity contribution in [2.75, 3.05) is 26.2 Å². The molecule has 0 radical (unpaired) electrons. The minimum absolute atomic E-state index is 0.188. The van der Waals surface area contributed by atoms with Gasteiger partial charge in [-0.2, -0.15) is 0 Å². The van der Waals surface area contributed by atoms with Crippen LogP contribution >= 0.6 is 0 Å². The summed E-state index contributed by atoms with van der Waals surface area (Å²) < 4.78 is 19.1. The second-order valence-corrected chi connectivity index (χ2v) is 4.06. The molecule has 2 nitrogen and oxygen atoms in total. The van der Waals surface area contributed by atoms with E-state index in [9.17, 15) is 4.39 Å². The summed E-state index contributed by atoms with van der Waals surface area (Å²) >= 11 is 0. The van der Waals surface area contributed by atoms with Gasteiger partial charge >= 0.3 is 0 Å². The molecule has 1 aromatic rings. The molecule has 0 aromatic heterocycles. The Kier molecular flexibility index (Phi) is 6.16. The molecule has 0 fully saturated rings. The first kappa shape index (κ1) is 14.1. The maximum absolute atomic E-state index is 13.5. The minimum Gasteiger partial charge on any atom is -0.372 e. The molecular weight excluding hydrogens is 217 g/mol. The summed E-state index contributed by atoms with van der Waals surface area (Å²) in [6.07, 6.45) is -0.188. The van der Waals surface area contributed by atoms with Crippen molar-refractivity contribution in [3.63, 3.8) is 0 Å². The molecule has 0 aliphatic heterocycles. The summed E-state index contributed by atoms with van der Waals surface area (Å²) in [7, 11) is 0. The van der Waals surface area contributed by atoms with E-state index in [2.05, 4.69) is 18.7 Å². The van der Waals surface area contributed by atoms with Crippen molar-refractivity contribution in [2.45, 2.75) is 26.9 Å². The van der Waals surface area contributed by atoms with Gasteiger partial charge in [-0.1, -0.05) is 32.0 Å². The topological polar surface area (TPSA) is 12.5 Å². The smallest absolute Gasteiger partial charge is 0.128 e. The lowest BCUT2D eigenvalue weighted by atomic mass is 10.1. The third kappa shape index (κ3) is 4.44. The minimum atomic E-state index is -0.192. The first-order valence-corrected chi connectivity index (χ1v) is 6.27. The SMILES string of the molecule is CCN(CC)CCOC(C)c1ccccc1F. The molecule has 1 aromatic carbocycles. The van der Waals surface area contributed by atoms with Crippen molar-refractivity contribution < 1.29 is 9.13 Å². The van der Waals surface area contributed by atoms with Crippen molar-refractivity contribution >= 4 is 0 Å². The highest BCUT2D eigenvalue weighted by atomic mass is 19.1. The van der Waals surface area contributed by atoms with E-state index in [4.69, 9.17) is 4.74 Å². The number of halogens is 1. The highest BCUT2D eigenvalue weighted by Gasteiger charge is 2.10. The number of ether oxygens (including phenoxy) is 1. The van der Waals surface area contributed by atoms with Crippen molar-refractivity contribution in [3.05, 3.63) is 35.6 Å². The highest BCUT2D eigenvalue weighted by Crippen LogP contribution is 2.19. The number of likely N-dealkylation sites (N-methyl/N-ethyl adjacent to an activating group) is 1. The largest absolute Gasteiger partial charge is 0.372 e. The Morgan fingerprint density at radius 2 is 1.88 bits per heavy atom. The van der Waals surface area contributed by atoms with Crippen LogP contribution in [0.3, 0.4) is 0 Å². The monoisotopic (exact) mass is 239 g/mol. The fourth-order valence-electron chi connectivity index (χ4n) is 1.79. The molecule has 1 unspecified atom stereocenters. The average molecular weight is 239 g/mol. The van der Waals surface area contributed by atoms with Gasteiger partial charge in [-0.05, 0) is 26.1 Å². The summed E-state index contributed by atoms with van der Waals surface area (Å²) in [5.41, 5.74) is 0.632. The lowest BCUT2D eigenvalue weighted by Crippen LogP contribution is -2.27. The lowest BCUT2D eigenvalue weighted by molar-refractivity contribution is 0.0474. The lowest BCUT2D eigenvalue weighted by Gasteiger charge is -2.20. The number of rotatable bonds is 7. The van der Waals surface area contributed by atoms with E-state index in [1.54, 1.807) is 12.1 Å². The predicted octanol–water partition coefficient (Wildman–Crippen LogP) is 3.25. The summed E-state index contributed by atoms with van der Waals surface area (Å²) in [5, 5.41) is 0. The molecule has 1 rings (SSSR count). The maximum atomic E-state index is 13.5. The van der Waals surface area contributed by atoms with E-state index in [0.29, 0.717) is 12.2 Å². The van der Waals surface area contributed by atoms with Crippen LogP contribution in [-0.4, -0.2) is 31.1 Å². The predicted molar refractivity (Wildman–Crippen MR) is 68.6 cm³/mol. The summed E-state index contributed by atoms with van der Waals surface area (Å²) in [6.45, 7) is 9.72. The van der Waals surface area contributed by atoms with Crippen LogP contribution in [0.2, 0.25) is 0 Å². The molecule has 0 amide bonds. The standard InChI is InChI=1S/C14H22FNO/c1-4-16(5-2)10-11-17-12(3)13-8-6-7-9-14(13)15/h6-9,12H,4-5,10-11H2,1-3H3. The first-order chi connectivity index (χ1) is 8.19. The number of benzene rings is 1. The van der Waals surface area contributed by atoms with Gasteiger partial charge in [-0.25, -0.2) is 4.39 Å². The third-order valence-electron chi connectivity index (χ3n) is 3.01. The zero-order chi connectivity index (χ0) is 12.7. The van der Waals surface area contributed by atoms with Gasteiger partial charge < -0.3 is 9.64 Å². The number of hydrogen-bond donors (Lipinski definition) is 0. The highest BCUT2D eigenvalue weighted by molar-refractivity contribution is 5.19. The quantitative estimate of drug-likeness (QED) is 0.724. The van der Waals surface area contributed by atoms with Crippen LogP contribution in [0.15, 0.2) is 24.3 Å². The van der Waals surface area contributed by atoms with Crippen molar-refractivity contribution in [1.82, 2.24) is 4.90 Å². The molecule has 0 N–H and O–H groups in total. The Balaban J connectivity index is 2.40. The Labute approximate surface area is 103 Å². The van der Waals surface area contributed by atoms with Gasteiger partial charge in [0.05, 0.1) is 12.7 Å². The van der Waals surface area contributed by atoms with Crippen LogP contribution in [0.4, 0.5) is 4.39 Å². The van der Waals surface area contributed by atoms with Gasteiger partial charge in [0.2, 0.25) is 0 Å². The van der Waals surface area contributed by atoms with Crippen molar-refractivity contribution in [3.8, 4) is 0 Å². The van der Waals surface area contributed by atoms with E-state index in [0.717, 1.165) is 19.6 Å². The maximum Gasteiger partial charge on any atom is 0.128 e. The first-order valence-electron chi connectivity index (χ1n) is 6.27. The van der Waals surface area contributed by atoms with Gasteiger partial charge in [0.25, 0.3) is 0 Å². The Morgan fingerprint density at radius 3 is 2.47 bits per heavy atom. The van der Waals surface area contributed by atoms with Crippen LogP contribution < -0.4 is 0 Å². The fourth-order valence-corrected chi connectivity index (χ4v) is 1.79. The summed E-state index contributed by atoms with van der Waals surface area (Å²) in [4.78, 5) is 2.29. The van der Waals surface area contributed by atoms with Crippen LogP contribution in [-0.2, 0) is 4.74 Å². The van der Waals surface area contributed by atoms with Gasteiger partial charge in [0, 0.05) is 12.1 Å². The molecule has 0 saturated heterocycles. The van der Waals surface area contributed by atoms with Crippen molar-refractivity contribution in [1.29, 1.82) is 0 Å². The van der Waals surface area contributed by atoms with Gasteiger partial charge in [0.1, 0.15) is 5.82 Å². The molecule has 3 heteroatoms. The molecular formula is C14H22FNO. The summed E-state index contributed by atoms with van der Waals surface area (Å²) in [5.74, 6) is -0.192. The average Bonchev–Trinajstić information content (AvgIpc) is 2.35. The van der Waals surface area contributed by atoms with E-state index in [1.165, 1.54) is 6.07 Å². The Hall–Kier alpha value is -0.930. The van der Waals surface area contributed by atoms with Crippen LogP contribution in [0.25, 0.3) is 0 Å². The molecule has 17 heavy (non-hydrogen) atoms. The second kappa shape index (κ2) is 7.41. The molecule has 0 heterocycles. The zero-order valence-electron chi connectivity index (χ0n) is 10.9. The second-order valence-electron chi connectivity index (χ2n) is 4.06. The zero-order valence-corrected chi connectivity index (χ0v) is 10.9. The van der Waals surface area contributed by atoms with Crippen LogP contribution in [0, 0.1) is 5.82 Å². The van der Waals surface area contributed by atoms with Gasteiger partial charge in [-0.3, -0.25) is 0 Å². The van der Waals surface area contributed by atoms with Crippen molar-refractivity contribution in [2.24, 2.45) is 0 Å². The van der Waals surface area contributed by atoms with E-state index in [1.807, 2.05) is 13.0 Å². The van der Waals surface area contributed by atoms with E-state index >= 15 is 0 Å². The summed E-state index contributed by atoms with van der Waals surface area (Å²) in [6, 6.07) is 6.78. The fraction of sp³-hybridized carbons (Fsp3) is 0.571. The molecule has 0 bridgehead atoms. The third-order valence-corrected chi connectivity index (χ3v) is 3.01.